The molecule has 0 saturated carbocycles. The summed E-state index contributed by atoms with van der Waals surface area (Å²) in [5, 5.41) is 6.88. The molecule has 2 unspecified atom stereocenters. The van der Waals surface area contributed by atoms with Crippen LogP contribution in [-0.2, 0) is 17.8 Å². The Morgan fingerprint density at radius 2 is 1.79 bits per heavy atom. The van der Waals surface area contributed by atoms with E-state index in [1.165, 1.54) is 29.7 Å². The summed E-state index contributed by atoms with van der Waals surface area (Å²) in [5.74, 6) is 0.692. The minimum Gasteiger partial charge on any atom is -0.367 e. The summed E-state index contributed by atoms with van der Waals surface area (Å²) in [7, 11) is 0. The van der Waals surface area contributed by atoms with Gasteiger partial charge < -0.3 is 15.5 Å². The molecule has 3 aliphatic heterocycles. The molecule has 2 N–H and O–H groups in total. The Labute approximate surface area is 167 Å². The van der Waals surface area contributed by atoms with E-state index in [1.807, 2.05) is 12.1 Å². The van der Waals surface area contributed by atoms with Crippen LogP contribution >= 0.6 is 0 Å². The molecule has 2 fully saturated rings. The minimum absolute atomic E-state index is 0.167. The van der Waals surface area contributed by atoms with Crippen molar-refractivity contribution in [3.05, 3.63) is 59.7 Å². The number of hydrogen-bond acceptors (Lipinski definition) is 3. The first-order valence-electron chi connectivity index (χ1n) is 10.7. The van der Waals surface area contributed by atoms with E-state index in [4.69, 9.17) is 0 Å². The summed E-state index contributed by atoms with van der Waals surface area (Å²) in [5.41, 5.74) is 4.91. The van der Waals surface area contributed by atoms with Crippen LogP contribution in [0.3, 0.4) is 0 Å². The van der Waals surface area contributed by atoms with Crippen molar-refractivity contribution in [1.82, 2.24) is 5.32 Å². The van der Waals surface area contributed by atoms with Crippen LogP contribution in [0.4, 0.5) is 11.4 Å². The monoisotopic (exact) mass is 375 g/mol. The highest BCUT2D eigenvalue weighted by Gasteiger charge is 2.34. The van der Waals surface area contributed by atoms with Crippen molar-refractivity contribution in [3.8, 4) is 0 Å². The Morgan fingerprint density at radius 3 is 2.64 bits per heavy atom. The van der Waals surface area contributed by atoms with E-state index in [0.29, 0.717) is 24.4 Å². The molecule has 4 heteroatoms. The molecule has 4 nitrogen and oxygen atoms in total. The SMILES string of the molecule is O=C(CC1CC2CCC(C1)N2)Nc1ccccc1CN1CCc2ccccc21. The molecule has 28 heavy (non-hydrogen) atoms. The molecule has 3 aliphatic rings. The van der Waals surface area contributed by atoms with Crippen LogP contribution in [0.2, 0.25) is 0 Å². The van der Waals surface area contributed by atoms with Gasteiger partial charge in [0.15, 0.2) is 0 Å². The third kappa shape index (κ3) is 3.66. The van der Waals surface area contributed by atoms with Gasteiger partial charge in [-0.1, -0.05) is 36.4 Å². The van der Waals surface area contributed by atoms with Crippen LogP contribution < -0.4 is 15.5 Å². The number of rotatable bonds is 5. The number of amides is 1. The average molecular weight is 376 g/mol. The Kier molecular flexibility index (Phi) is 4.81. The standard InChI is InChI=1S/C24H29N3O/c28-24(15-17-13-20-9-10-21(14-17)25-20)26-22-7-3-1-6-19(22)16-27-12-11-18-5-2-4-8-23(18)27/h1-8,17,20-21,25H,9-16H2,(H,26,28). The molecule has 2 aromatic rings. The van der Waals surface area contributed by atoms with E-state index >= 15 is 0 Å². The van der Waals surface area contributed by atoms with Gasteiger partial charge in [-0.25, -0.2) is 0 Å². The second kappa shape index (κ2) is 7.59. The van der Waals surface area contributed by atoms with Crippen molar-refractivity contribution in [1.29, 1.82) is 0 Å². The van der Waals surface area contributed by atoms with Crippen LogP contribution in [0.1, 0.15) is 43.2 Å². The topological polar surface area (TPSA) is 44.4 Å². The summed E-state index contributed by atoms with van der Waals surface area (Å²) in [6.45, 7) is 1.88. The fourth-order valence-electron chi connectivity index (χ4n) is 5.36. The van der Waals surface area contributed by atoms with Crippen LogP contribution in [0.25, 0.3) is 0 Å². The smallest absolute Gasteiger partial charge is 0.224 e. The maximum absolute atomic E-state index is 12.8. The van der Waals surface area contributed by atoms with Gasteiger partial charge in [0, 0.05) is 43.0 Å². The predicted octanol–water partition coefficient (Wildman–Crippen LogP) is 4.11. The molecule has 0 radical (unpaired) electrons. The Bertz CT molecular complexity index is 852. The highest BCUT2D eigenvalue weighted by Crippen LogP contribution is 2.33. The van der Waals surface area contributed by atoms with Crippen LogP contribution in [0, 0.1) is 5.92 Å². The number of nitrogens with zero attached hydrogens (tertiary/aromatic N) is 1. The maximum Gasteiger partial charge on any atom is 0.224 e. The lowest BCUT2D eigenvalue weighted by atomic mass is 9.89. The zero-order valence-corrected chi connectivity index (χ0v) is 16.4. The van der Waals surface area contributed by atoms with E-state index in [1.54, 1.807) is 0 Å². The zero-order chi connectivity index (χ0) is 18.9. The number of nitrogens with one attached hydrogen (secondary N) is 2. The predicted molar refractivity (Wildman–Crippen MR) is 114 cm³/mol. The maximum atomic E-state index is 12.8. The van der Waals surface area contributed by atoms with Crippen molar-refractivity contribution < 1.29 is 4.79 Å². The number of anilines is 2. The first-order chi connectivity index (χ1) is 13.7. The number of hydrogen-bond donors (Lipinski definition) is 2. The molecular formula is C24H29N3O. The number of carbonyl (C=O) groups excluding carboxylic acids is 1. The van der Waals surface area contributed by atoms with Crippen molar-refractivity contribution in [2.45, 2.75) is 57.2 Å². The quantitative estimate of drug-likeness (QED) is 0.827. The lowest BCUT2D eigenvalue weighted by Crippen LogP contribution is -2.39. The fraction of sp³-hybridized carbons (Fsp3) is 0.458. The van der Waals surface area contributed by atoms with Crippen LogP contribution in [-0.4, -0.2) is 24.5 Å². The first kappa shape index (κ1) is 17.7. The van der Waals surface area contributed by atoms with Gasteiger partial charge in [-0.15, -0.1) is 0 Å². The van der Waals surface area contributed by atoms with E-state index in [0.717, 1.165) is 38.0 Å². The van der Waals surface area contributed by atoms with Crippen LogP contribution in [0.5, 0.6) is 0 Å². The molecule has 2 atom stereocenters. The molecule has 0 aliphatic carbocycles. The zero-order valence-electron chi connectivity index (χ0n) is 16.4. The van der Waals surface area contributed by atoms with Gasteiger partial charge in [-0.3, -0.25) is 4.79 Å². The molecule has 1 amide bonds. The summed E-state index contributed by atoms with van der Waals surface area (Å²) in [6, 6.07) is 18.2. The van der Waals surface area contributed by atoms with Gasteiger partial charge in [0.1, 0.15) is 0 Å². The number of para-hydroxylation sites is 2. The summed E-state index contributed by atoms with van der Waals surface area (Å²) in [4.78, 5) is 15.2. The summed E-state index contributed by atoms with van der Waals surface area (Å²) in [6.07, 6.45) is 6.61. The summed E-state index contributed by atoms with van der Waals surface area (Å²) < 4.78 is 0. The van der Waals surface area contributed by atoms with Crippen molar-refractivity contribution in [2.75, 3.05) is 16.8 Å². The molecule has 2 saturated heterocycles. The largest absolute Gasteiger partial charge is 0.367 e. The van der Waals surface area contributed by atoms with Gasteiger partial charge in [0.05, 0.1) is 0 Å². The first-order valence-corrected chi connectivity index (χ1v) is 10.7. The number of fused-ring (bicyclic) bond motifs is 3. The van der Waals surface area contributed by atoms with Crippen molar-refractivity contribution >= 4 is 17.3 Å². The number of carbonyl (C=O) groups is 1. The van der Waals surface area contributed by atoms with E-state index in [9.17, 15) is 4.79 Å². The van der Waals surface area contributed by atoms with E-state index < -0.39 is 0 Å². The number of piperidine rings is 1. The lowest BCUT2D eigenvalue weighted by molar-refractivity contribution is -0.117. The minimum atomic E-state index is 0.167. The normalized spacial score (nSPS) is 25.6. The second-order valence-corrected chi connectivity index (χ2v) is 8.69. The molecule has 0 aromatic heterocycles. The van der Waals surface area contributed by atoms with E-state index in [2.05, 4.69) is 51.9 Å². The Morgan fingerprint density at radius 1 is 1.04 bits per heavy atom. The Hall–Kier alpha value is -2.33. The molecule has 2 aromatic carbocycles. The molecular weight excluding hydrogens is 346 g/mol. The molecule has 146 valence electrons. The number of benzene rings is 2. The molecule has 3 heterocycles. The van der Waals surface area contributed by atoms with Crippen molar-refractivity contribution in [2.24, 2.45) is 5.92 Å². The van der Waals surface area contributed by atoms with Gasteiger partial charge in [-0.05, 0) is 61.3 Å². The Balaban J connectivity index is 1.24. The van der Waals surface area contributed by atoms with Crippen LogP contribution in [0.15, 0.2) is 48.5 Å². The fourth-order valence-corrected chi connectivity index (χ4v) is 5.36. The summed E-state index contributed by atoms with van der Waals surface area (Å²) >= 11 is 0. The highest BCUT2D eigenvalue weighted by atomic mass is 16.1. The second-order valence-electron chi connectivity index (χ2n) is 8.69. The molecule has 5 rings (SSSR count). The molecule has 0 spiro atoms. The average Bonchev–Trinajstić information content (AvgIpc) is 3.26. The van der Waals surface area contributed by atoms with E-state index in [-0.39, 0.29) is 5.91 Å². The van der Waals surface area contributed by atoms with Gasteiger partial charge in [-0.2, -0.15) is 0 Å². The lowest BCUT2D eigenvalue weighted by Gasteiger charge is -2.28. The molecule has 2 bridgehead atoms. The van der Waals surface area contributed by atoms with Gasteiger partial charge in [0.25, 0.3) is 0 Å². The van der Waals surface area contributed by atoms with Gasteiger partial charge >= 0.3 is 0 Å². The highest BCUT2D eigenvalue weighted by molar-refractivity contribution is 5.91. The third-order valence-corrected chi connectivity index (χ3v) is 6.68. The third-order valence-electron chi connectivity index (χ3n) is 6.68. The van der Waals surface area contributed by atoms with Gasteiger partial charge in [0.2, 0.25) is 5.91 Å². The van der Waals surface area contributed by atoms with Crippen molar-refractivity contribution in [3.63, 3.8) is 0 Å².